The average Bonchev–Trinajstić information content (AvgIpc) is 2.80. The maximum atomic E-state index is 6.04. The molecular formula is C11H12Cl2O. The SMILES string of the molecule is CC1OC1CCc1ccc(Cl)cc1Cl. The van der Waals surface area contributed by atoms with Gasteiger partial charge in [-0.2, -0.15) is 0 Å². The molecule has 2 rings (SSSR count). The van der Waals surface area contributed by atoms with Crippen LogP contribution in [0.25, 0.3) is 0 Å². The summed E-state index contributed by atoms with van der Waals surface area (Å²) in [5, 5.41) is 1.44. The lowest BCUT2D eigenvalue weighted by molar-refractivity contribution is 0.370. The molecule has 1 fully saturated rings. The van der Waals surface area contributed by atoms with Crippen molar-refractivity contribution in [1.29, 1.82) is 0 Å². The van der Waals surface area contributed by atoms with Gasteiger partial charge in [-0.15, -0.1) is 0 Å². The van der Waals surface area contributed by atoms with Gasteiger partial charge in [0.05, 0.1) is 12.2 Å². The first-order valence-electron chi connectivity index (χ1n) is 4.76. The maximum Gasteiger partial charge on any atom is 0.0842 e. The van der Waals surface area contributed by atoms with E-state index in [-0.39, 0.29) is 0 Å². The van der Waals surface area contributed by atoms with Gasteiger partial charge in [0.1, 0.15) is 0 Å². The highest BCUT2D eigenvalue weighted by molar-refractivity contribution is 6.35. The number of epoxide rings is 1. The van der Waals surface area contributed by atoms with Crippen molar-refractivity contribution in [1.82, 2.24) is 0 Å². The molecule has 0 aromatic heterocycles. The minimum Gasteiger partial charge on any atom is -0.370 e. The number of ether oxygens (including phenoxy) is 1. The topological polar surface area (TPSA) is 12.5 Å². The molecule has 1 aromatic rings. The minimum absolute atomic E-state index is 0.432. The summed E-state index contributed by atoms with van der Waals surface area (Å²) in [6.07, 6.45) is 2.87. The van der Waals surface area contributed by atoms with Crippen molar-refractivity contribution < 1.29 is 4.74 Å². The molecule has 1 nitrogen and oxygen atoms in total. The number of rotatable bonds is 3. The fraction of sp³-hybridized carbons (Fsp3) is 0.455. The Kier molecular flexibility index (Phi) is 3.01. The van der Waals surface area contributed by atoms with Crippen LogP contribution in [-0.4, -0.2) is 12.2 Å². The fourth-order valence-corrected chi connectivity index (χ4v) is 2.06. The van der Waals surface area contributed by atoms with Crippen molar-refractivity contribution in [3.05, 3.63) is 33.8 Å². The van der Waals surface area contributed by atoms with Gasteiger partial charge in [-0.3, -0.25) is 0 Å². The second kappa shape index (κ2) is 4.09. The number of halogens is 2. The molecule has 1 aromatic carbocycles. The minimum atomic E-state index is 0.432. The van der Waals surface area contributed by atoms with Crippen LogP contribution in [0.2, 0.25) is 10.0 Å². The molecule has 2 atom stereocenters. The Morgan fingerprint density at radius 1 is 1.36 bits per heavy atom. The highest BCUT2D eigenvalue weighted by atomic mass is 35.5. The van der Waals surface area contributed by atoms with Gasteiger partial charge < -0.3 is 4.74 Å². The lowest BCUT2D eigenvalue weighted by atomic mass is 10.1. The van der Waals surface area contributed by atoms with Crippen molar-refractivity contribution in [3.8, 4) is 0 Å². The molecule has 0 saturated carbocycles. The van der Waals surface area contributed by atoms with Gasteiger partial charge in [0, 0.05) is 10.0 Å². The van der Waals surface area contributed by atoms with Crippen LogP contribution >= 0.6 is 23.2 Å². The van der Waals surface area contributed by atoms with Crippen molar-refractivity contribution in [2.45, 2.75) is 32.0 Å². The zero-order chi connectivity index (χ0) is 10.1. The van der Waals surface area contributed by atoms with E-state index in [1.165, 1.54) is 0 Å². The average molecular weight is 231 g/mol. The Morgan fingerprint density at radius 3 is 2.64 bits per heavy atom. The summed E-state index contributed by atoms with van der Waals surface area (Å²) < 4.78 is 5.33. The van der Waals surface area contributed by atoms with Crippen LogP contribution in [0.15, 0.2) is 18.2 Å². The summed E-state index contributed by atoms with van der Waals surface area (Å²) in [5.41, 5.74) is 1.15. The Hall–Kier alpha value is -0.240. The van der Waals surface area contributed by atoms with Gasteiger partial charge in [0.15, 0.2) is 0 Å². The fourth-order valence-electron chi connectivity index (χ4n) is 1.56. The molecule has 0 bridgehead atoms. The van der Waals surface area contributed by atoms with Crippen LogP contribution in [0.3, 0.4) is 0 Å². The predicted octanol–water partition coefficient (Wildman–Crippen LogP) is 3.71. The van der Waals surface area contributed by atoms with Crippen molar-refractivity contribution in [2.75, 3.05) is 0 Å². The highest BCUT2D eigenvalue weighted by Crippen LogP contribution is 2.28. The summed E-state index contributed by atoms with van der Waals surface area (Å²) >= 11 is 11.9. The number of benzene rings is 1. The quantitative estimate of drug-likeness (QED) is 0.722. The van der Waals surface area contributed by atoms with E-state index in [4.69, 9.17) is 27.9 Å². The first-order valence-corrected chi connectivity index (χ1v) is 5.52. The van der Waals surface area contributed by atoms with Gasteiger partial charge in [-0.25, -0.2) is 0 Å². The highest BCUT2D eigenvalue weighted by Gasteiger charge is 2.33. The van der Waals surface area contributed by atoms with Crippen LogP contribution in [0, 0.1) is 0 Å². The monoisotopic (exact) mass is 230 g/mol. The van der Waals surface area contributed by atoms with Crippen LogP contribution in [0.5, 0.6) is 0 Å². The molecule has 1 saturated heterocycles. The molecule has 1 aliphatic rings. The van der Waals surface area contributed by atoms with Crippen LogP contribution in [-0.2, 0) is 11.2 Å². The summed E-state index contributed by atoms with van der Waals surface area (Å²) in [4.78, 5) is 0. The van der Waals surface area contributed by atoms with Gasteiger partial charge in [-0.05, 0) is 37.5 Å². The van der Waals surface area contributed by atoms with E-state index in [0.717, 1.165) is 23.4 Å². The lowest BCUT2D eigenvalue weighted by Crippen LogP contribution is -1.94. The molecule has 0 aliphatic carbocycles. The maximum absolute atomic E-state index is 6.04. The summed E-state index contributed by atoms with van der Waals surface area (Å²) in [7, 11) is 0. The zero-order valence-corrected chi connectivity index (χ0v) is 9.48. The number of hydrogen-bond donors (Lipinski definition) is 0. The Morgan fingerprint density at radius 2 is 2.07 bits per heavy atom. The summed E-state index contributed by atoms with van der Waals surface area (Å²) in [6.45, 7) is 2.09. The third kappa shape index (κ3) is 2.41. The molecule has 2 unspecified atom stereocenters. The van der Waals surface area contributed by atoms with E-state index in [1.54, 1.807) is 6.07 Å². The van der Waals surface area contributed by atoms with Gasteiger partial charge >= 0.3 is 0 Å². The van der Waals surface area contributed by atoms with E-state index in [2.05, 4.69) is 6.92 Å². The van der Waals surface area contributed by atoms with Crippen molar-refractivity contribution in [2.24, 2.45) is 0 Å². The third-order valence-electron chi connectivity index (χ3n) is 2.55. The van der Waals surface area contributed by atoms with Crippen molar-refractivity contribution in [3.63, 3.8) is 0 Å². The summed E-state index contributed by atoms with van der Waals surface area (Å²) in [5.74, 6) is 0. The molecule has 14 heavy (non-hydrogen) atoms. The van der Waals surface area contributed by atoms with E-state index in [0.29, 0.717) is 17.2 Å². The van der Waals surface area contributed by atoms with Crippen LogP contribution < -0.4 is 0 Å². The second-order valence-electron chi connectivity index (χ2n) is 3.65. The molecule has 0 radical (unpaired) electrons. The van der Waals surface area contributed by atoms with E-state index in [1.807, 2.05) is 12.1 Å². The lowest BCUT2D eigenvalue weighted by Gasteiger charge is -2.02. The Bertz CT molecular complexity index is 338. The van der Waals surface area contributed by atoms with E-state index >= 15 is 0 Å². The number of aryl methyl sites for hydroxylation is 1. The van der Waals surface area contributed by atoms with Crippen LogP contribution in [0.1, 0.15) is 18.9 Å². The molecule has 0 amide bonds. The van der Waals surface area contributed by atoms with Crippen molar-refractivity contribution >= 4 is 23.2 Å². The molecule has 3 heteroatoms. The van der Waals surface area contributed by atoms with Crippen LogP contribution in [0.4, 0.5) is 0 Å². The zero-order valence-electron chi connectivity index (χ0n) is 7.97. The smallest absolute Gasteiger partial charge is 0.0842 e. The van der Waals surface area contributed by atoms with Gasteiger partial charge in [0.25, 0.3) is 0 Å². The van der Waals surface area contributed by atoms with Gasteiger partial charge in [0.2, 0.25) is 0 Å². The Balaban J connectivity index is 1.95. The Labute approximate surface area is 94.0 Å². The predicted molar refractivity (Wildman–Crippen MR) is 59.1 cm³/mol. The molecule has 1 aliphatic heterocycles. The molecular weight excluding hydrogens is 219 g/mol. The molecule has 0 spiro atoms. The molecule has 0 N–H and O–H groups in total. The summed E-state index contributed by atoms with van der Waals surface area (Å²) in [6, 6.07) is 5.65. The first-order chi connectivity index (χ1) is 6.66. The normalized spacial score (nSPS) is 25.1. The largest absolute Gasteiger partial charge is 0.370 e. The standard InChI is InChI=1S/C11H12Cl2O/c1-7-11(14-7)5-3-8-2-4-9(12)6-10(8)13/h2,4,6-7,11H,3,5H2,1H3. The van der Waals surface area contributed by atoms with E-state index in [9.17, 15) is 0 Å². The number of hydrogen-bond acceptors (Lipinski definition) is 1. The van der Waals surface area contributed by atoms with Gasteiger partial charge in [-0.1, -0.05) is 29.3 Å². The third-order valence-corrected chi connectivity index (χ3v) is 3.14. The molecule has 1 heterocycles. The first kappa shape index (κ1) is 10.3. The second-order valence-corrected chi connectivity index (χ2v) is 4.50. The molecule has 76 valence electrons. The van der Waals surface area contributed by atoms with E-state index < -0.39 is 0 Å².